The van der Waals surface area contributed by atoms with E-state index in [1.165, 1.54) is 5.56 Å². The van der Waals surface area contributed by atoms with Crippen LogP contribution in [0.25, 0.3) is 11.3 Å². The van der Waals surface area contributed by atoms with Crippen molar-refractivity contribution in [2.45, 2.75) is 46.8 Å². The van der Waals surface area contributed by atoms with Gasteiger partial charge in [0.15, 0.2) is 0 Å². The van der Waals surface area contributed by atoms with Gasteiger partial charge >= 0.3 is 0 Å². The molecular weight excluding hydrogens is 260 g/mol. The fraction of sp³-hybridized carbons (Fsp3) is 0.389. The van der Waals surface area contributed by atoms with E-state index in [-0.39, 0.29) is 5.56 Å². The largest absolute Gasteiger partial charge is 0.310 e. The summed E-state index contributed by atoms with van der Waals surface area (Å²) in [5.41, 5.74) is 4.21. The monoisotopic (exact) mass is 284 g/mol. The number of hydrogen-bond donors (Lipinski definition) is 1. The van der Waals surface area contributed by atoms with Crippen molar-refractivity contribution in [2.24, 2.45) is 0 Å². The van der Waals surface area contributed by atoms with Crippen molar-refractivity contribution in [3.05, 3.63) is 57.9 Å². The first kappa shape index (κ1) is 15.5. The van der Waals surface area contributed by atoms with E-state index in [1.807, 2.05) is 23.6 Å². The Balaban J connectivity index is 2.42. The fourth-order valence-electron chi connectivity index (χ4n) is 2.36. The predicted molar refractivity (Wildman–Crippen MR) is 88.5 cm³/mol. The van der Waals surface area contributed by atoms with Gasteiger partial charge in [0.2, 0.25) is 0 Å². The maximum Gasteiger partial charge on any atom is 0.255 e. The van der Waals surface area contributed by atoms with Crippen molar-refractivity contribution in [1.29, 1.82) is 0 Å². The third kappa shape index (κ3) is 3.61. The maximum absolute atomic E-state index is 12.6. The van der Waals surface area contributed by atoms with Crippen molar-refractivity contribution in [2.75, 3.05) is 0 Å². The number of aromatic nitrogens is 1. The minimum Gasteiger partial charge on any atom is -0.310 e. The molecule has 0 spiro atoms. The third-order valence-corrected chi connectivity index (χ3v) is 3.62. The molecular formula is C18H24N2O. The zero-order valence-corrected chi connectivity index (χ0v) is 13.3. The van der Waals surface area contributed by atoms with E-state index < -0.39 is 0 Å². The molecule has 2 rings (SSSR count). The van der Waals surface area contributed by atoms with Crippen LogP contribution in [-0.4, -0.2) is 10.6 Å². The highest BCUT2D eigenvalue weighted by molar-refractivity contribution is 5.60. The van der Waals surface area contributed by atoms with E-state index >= 15 is 0 Å². The average Bonchev–Trinajstić information content (AvgIpc) is 2.46. The minimum absolute atomic E-state index is 0.101. The normalized spacial score (nSPS) is 11.1. The van der Waals surface area contributed by atoms with Crippen LogP contribution in [0.1, 0.15) is 31.9 Å². The molecule has 0 radical (unpaired) electrons. The molecule has 3 heteroatoms. The Kier molecular flexibility index (Phi) is 4.97. The van der Waals surface area contributed by atoms with E-state index in [0.717, 1.165) is 16.8 Å². The van der Waals surface area contributed by atoms with Gasteiger partial charge in [0.1, 0.15) is 0 Å². The van der Waals surface area contributed by atoms with E-state index in [9.17, 15) is 4.79 Å². The molecule has 0 aliphatic rings. The van der Waals surface area contributed by atoms with Gasteiger partial charge in [-0.2, -0.15) is 0 Å². The first-order valence-electron chi connectivity index (χ1n) is 7.56. The predicted octanol–water partition coefficient (Wildman–Crippen LogP) is 3.34. The first-order valence-corrected chi connectivity index (χ1v) is 7.56. The summed E-state index contributed by atoms with van der Waals surface area (Å²) < 4.78 is 1.85. The molecule has 1 aromatic carbocycles. The van der Waals surface area contributed by atoms with Gasteiger partial charge in [-0.3, -0.25) is 4.79 Å². The lowest BCUT2D eigenvalue weighted by molar-refractivity contribution is 0.580. The second kappa shape index (κ2) is 6.72. The molecule has 0 fully saturated rings. The van der Waals surface area contributed by atoms with Crippen LogP contribution in [0.5, 0.6) is 0 Å². The van der Waals surface area contributed by atoms with E-state index in [0.29, 0.717) is 19.1 Å². The minimum atomic E-state index is 0.101. The van der Waals surface area contributed by atoms with Crippen molar-refractivity contribution >= 4 is 0 Å². The number of pyridine rings is 1. The molecule has 21 heavy (non-hydrogen) atoms. The van der Waals surface area contributed by atoms with E-state index in [4.69, 9.17) is 0 Å². The summed E-state index contributed by atoms with van der Waals surface area (Å²) in [6, 6.07) is 12.7. The number of aryl methyl sites for hydroxylation is 1. The Morgan fingerprint density at radius 2 is 1.76 bits per heavy atom. The second-order valence-corrected chi connectivity index (χ2v) is 5.69. The summed E-state index contributed by atoms with van der Waals surface area (Å²) in [6.07, 6.45) is 0. The van der Waals surface area contributed by atoms with Crippen LogP contribution >= 0.6 is 0 Å². The SMILES string of the molecule is CCn1c(-c2ccc(C)cc2)ccc(CNC(C)C)c1=O. The molecule has 3 nitrogen and oxygen atoms in total. The Labute approximate surface area is 126 Å². The highest BCUT2D eigenvalue weighted by atomic mass is 16.1. The van der Waals surface area contributed by atoms with Gasteiger partial charge in [-0.1, -0.05) is 49.7 Å². The van der Waals surface area contributed by atoms with E-state index in [2.05, 4.69) is 50.4 Å². The molecule has 0 aliphatic carbocycles. The topological polar surface area (TPSA) is 34.0 Å². The summed E-state index contributed by atoms with van der Waals surface area (Å²) in [6.45, 7) is 9.54. The average molecular weight is 284 g/mol. The second-order valence-electron chi connectivity index (χ2n) is 5.69. The van der Waals surface area contributed by atoms with Crippen LogP contribution in [0.3, 0.4) is 0 Å². The number of hydrogen-bond acceptors (Lipinski definition) is 2. The Morgan fingerprint density at radius 3 is 2.33 bits per heavy atom. The lowest BCUT2D eigenvalue weighted by atomic mass is 10.1. The fourth-order valence-corrected chi connectivity index (χ4v) is 2.36. The van der Waals surface area contributed by atoms with Gasteiger partial charge < -0.3 is 9.88 Å². The molecule has 0 unspecified atom stereocenters. The Hall–Kier alpha value is -1.87. The molecule has 1 aromatic heterocycles. The number of rotatable bonds is 5. The first-order chi connectivity index (χ1) is 10.0. The molecule has 0 saturated heterocycles. The lowest BCUT2D eigenvalue weighted by Gasteiger charge is -2.14. The molecule has 1 heterocycles. The summed E-state index contributed by atoms with van der Waals surface area (Å²) in [4.78, 5) is 12.6. The Morgan fingerprint density at radius 1 is 1.10 bits per heavy atom. The zero-order valence-electron chi connectivity index (χ0n) is 13.3. The third-order valence-electron chi connectivity index (χ3n) is 3.62. The molecule has 0 amide bonds. The summed E-state index contributed by atoms with van der Waals surface area (Å²) in [5.74, 6) is 0. The standard InChI is InChI=1S/C18H24N2O/c1-5-20-17(15-8-6-14(4)7-9-15)11-10-16(18(20)21)12-19-13(2)3/h6-11,13,19H,5,12H2,1-4H3. The van der Waals surface area contributed by atoms with E-state index in [1.54, 1.807) is 0 Å². The Bertz CT molecular complexity index is 654. The lowest BCUT2D eigenvalue weighted by Crippen LogP contribution is -2.30. The molecule has 1 N–H and O–H groups in total. The smallest absolute Gasteiger partial charge is 0.255 e. The number of benzene rings is 1. The number of nitrogens with zero attached hydrogens (tertiary/aromatic N) is 1. The van der Waals surface area contributed by atoms with Gasteiger partial charge in [0.25, 0.3) is 5.56 Å². The van der Waals surface area contributed by atoms with Crippen LogP contribution in [0, 0.1) is 6.92 Å². The van der Waals surface area contributed by atoms with Gasteiger partial charge in [-0.05, 0) is 25.5 Å². The zero-order chi connectivity index (χ0) is 15.4. The van der Waals surface area contributed by atoms with Crippen molar-refractivity contribution < 1.29 is 0 Å². The van der Waals surface area contributed by atoms with Gasteiger partial charge in [0, 0.05) is 24.7 Å². The molecule has 2 aromatic rings. The summed E-state index contributed by atoms with van der Waals surface area (Å²) in [5, 5.41) is 3.31. The summed E-state index contributed by atoms with van der Waals surface area (Å²) in [7, 11) is 0. The van der Waals surface area contributed by atoms with Crippen molar-refractivity contribution in [3.8, 4) is 11.3 Å². The molecule has 112 valence electrons. The van der Waals surface area contributed by atoms with Gasteiger partial charge in [-0.15, -0.1) is 0 Å². The number of nitrogens with one attached hydrogen (secondary N) is 1. The molecule has 0 saturated carbocycles. The van der Waals surface area contributed by atoms with Crippen LogP contribution in [0.15, 0.2) is 41.2 Å². The molecule has 0 bridgehead atoms. The highest BCUT2D eigenvalue weighted by Crippen LogP contribution is 2.19. The van der Waals surface area contributed by atoms with Crippen LogP contribution in [-0.2, 0) is 13.1 Å². The highest BCUT2D eigenvalue weighted by Gasteiger charge is 2.09. The van der Waals surface area contributed by atoms with Gasteiger partial charge in [-0.25, -0.2) is 0 Å². The van der Waals surface area contributed by atoms with Crippen LogP contribution in [0.2, 0.25) is 0 Å². The van der Waals surface area contributed by atoms with Crippen LogP contribution < -0.4 is 10.9 Å². The molecule has 0 atom stereocenters. The molecule has 0 aliphatic heterocycles. The quantitative estimate of drug-likeness (QED) is 0.913. The van der Waals surface area contributed by atoms with Crippen molar-refractivity contribution in [3.63, 3.8) is 0 Å². The van der Waals surface area contributed by atoms with Gasteiger partial charge in [0.05, 0.1) is 5.69 Å². The summed E-state index contributed by atoms with van der Waals surface area (Å²) >= 11 is 0. The maximum atomic E-state index is 12.6. The van der Waals surface area contributed by atoms with Crippen LogP contribution in [0.4, 0.5) is 0 Å². The van der Waals surface area contributed by atoms with Crippen molar-refractivity contribution in [1.82, 2.24) is 9.88 Å².